The Morgan fingerprint density at radius 2 is 2.20 bits per heavy atom. The average molecular weight is 361 g/mol. The van der Waals surface area contributed by atoms with Gasteiger partial charge in [0.15, 0.2) is 0 Å². The van der Waals surface area contributed by atoms with E-state index in [0.29, 0.717) is 18.2 Å². The van der Waals surface area contributed by atoms with Gasteiger partial charge < -0.3 is 5.32 Å². The molecule has 6 heteroatoms. The molecule has 1 aliphatic rings. The van der Waals surface area contributed by atoms with E-state index in [1.807, 2.05) is 19.1 Å². The number of anilines is 1. The highest BCUT2D eigenvalue weighted by Crippen LogP contribution is 2.24. The molecule has 1 atom stereocenters. The summed E-state index contributed by atoms with van der Waals surface area (Å²) in [6.45, 7) is 2.90. The highest BCUT2D eigenvalue weighted by atomic mass is 79.9. The first-order valence-corrected chi connectivity index (χ1v) is 9.41. The van der Waals surface area contributed by atoms with Crippen LogP contribution in [0.1, 0.15) is 31.2 Å². The van der Waals surface area contributed by atoms with Gasteiger partial charge in [0.25, 0.3) is 0 Å². The summed E-state index contributed by atoms with van der Waals surface area (Å²) in [5.74, 6) is 0.163. The van der Waals surface area contributed by atoms with E-state index in [9.17, 15) is 8.42 Å². The zero-order valence-electron chi connectivity index (χ0n) is 11.7. The standard InChI is InChI=1S/C14H21BrN2O2S/c1-11-13(15)6-4-7-14(11)17-20(18,19)10-8-12-5-2-3-9-16-12/h4,6-7,12,16-17H,2-3,5,8-10H2,1H3. The molecular formula is C14H21BrN2O2S. The van der Waals surface area contributed by atoms with E-state index in [4.69, 9.17) is 0 Å². The highest BCUT2D eigenvalue weighted by molar-refractivity contribution is 9.10. The molecule has 0 radical (unpaired) electrons. The average Bonchev–Trinajstić information content (AvgIpc) is 2.43. The van der Waals surface area contributed by atoms with Crippen LogP contribution in [0.4, 0.5) is 5.69 Å². The SMILES string of the molecule is Cc1c(Br)cccc1NS(=O)(=O)CCC1CCCCN1. The molecule has 1 aromatic rings. The number of sulfonamides is 1. The van der Waals surface area contributed by atoms with Crippen molar-refractivity contribution in [3.63, 3.8) is 0 Å². The van der Waals surface area contributed by atoms with Crippen molar-refractivity contribution < 1.29 is 8.42 Å². The van der Waals surface area contributed by atoms with Gasteiger partial charge in [-0.25, -0.2) is 8.42 Å². The van der Waals surface area contributed by atoms with Crippen molar-refractivity contribution in [3.05, 3.63) is 28.2 Å². The lowest BCUT2D eigenvalue weighted by Gasteiger charge is -2.23. The first-order valence-electron chi connectivity index (χ1n) is 6.97. The molecule has 0 aromatic heterocycles. The molecule has 1 heterocycles. The number of rotatable bonds is 5. The van der Waals surface area contributed by atoms with Crippen LogP contribution in [0.2, 0.25) is 0 Å². The third-order valence-corrected chi connectivity index (χ3v) is 5.84. The maximum atomic E-state index is 12.2. The second kappa shape index (κ2) is 6.91. The van der Waals surface area contributed by atoms with E-state index in [1.165, 1.54) is 12.8 Å². The second-order valence-corrected chi connectivity index (χ2v) is 7.97. The molecule has 0 saturated carbocycles. The zero-order chi connectivity index (χ0) is 14.6. The highest BCUT2D eigenvalue weighted by Gasteiger charge is 2.18. The third kappa shape index (κ3) is 4.46. The molecule has 1 saturated heterocycles. The summed E-state index contributed by atoms with van der Waals surface area (Å²) in [7, 11) is -3.28. The molecule has 4 nitrogen and oxygen atoms in total. The van der Waals surface area contributed by atoms with Crippen LogP contribution >= 0.6 is 15.9 Å². The van der Waals surface area contributed by atoms with E-state index < -0.39 is 10.0 Å². The minimum Gasteiger partial charge on any atom is -0.314 e. The van der Waals surface area contributed by atoms with E-state index >= 15 is 0 Å². The van der Waals surface area contributed by atoms with E-state index in [-0.39, 0.29) is 5.75 Å². The summed E-state index contributed by atoms with van der Waals surface area (Å²) in [6, 6.07) is 5.86. The van der Waals surface area contributed by atoms with Crippen molar-refractivity contribution in [2.24, 2.45) is 0 Å². The van der Waals surface area contributed by atoms with Gasteiger partial charge in [0.1, 0.15) is 0 Å². The molecule has 0 amide bonds. The second-order valence-electron chi connectivity index (χ2n) is 5.27. The Bertz CT molecular complexity index is 554. The topological polar surface area (TPSA) is 58.2 Å². The van der Waals surface area contributed by atoms with E-state index in [0.717, 1.165) is 23.0 Å². The molecular weight excluding hydrogens is 340 g/mol. The van der Waals surface area contributed by atoms with Gasteiger partial charge in [-0.15, -0.1) is 0 Å². The van der Waals surface area contributed by atoms with Crippen LogP contribution in [0.3, 0.4) is 0 Å². The molecule has 0 aliphatic carbocycles. The van der Waals surface area contributed by atoms with Crippen molar-refractivity contribution in [2.45, 2.75) is 38.6 Å². The van der Waals surface area contributed by atoms with Crippen molar-refractivity contribution in [2.75, 3.05) is 17.0 Å². The summed E-state index contributed by atoms with van der Waals surface area (Å²) in [5.41, 5.74) is 1.56. The Labute approximate surface area is 129 Å². The molecule has 1 aliphatic heterocycles. The molecule has 0 bridgehead atoms. The van der Waals surface area contributed by atoms with Crippen LogP contribution < -0.4 is 10.0 Å². The van der Waals surface area contributed by atoms with Crippen molar-refractivity contribution in [3.8, 4) is 0 Å². The number of nitrogens with one attached hydrogen (secondary N) is 2. The molecule has 20 heavy (non-hydrogen) atoms. The molecule has 0 spiro atoms. The van der Waals surface area contributed by atoms with E-state index in [2.05, 4.69) is 26.0 Å². The fraction of sp³-hybridized carbons (Fsp3) is 0.571. The zero-order valence-corrected chi connectivity index (χ0v) is 14.1. The summed E-state index contributed by atoms with van der Waals surface area (Å²) in [5, 5.41) is 3.38. The normalized spacial score (nSPS) is 19.8. The van der Waals surface area contributed by atoms with Gasteiger partial charge in [-0.3, -0.25) is 4.72 Å². The lowest BCUT2D eigenvalue weighted by molar-refractivity contribution is 0.393. The van der Waals surface area contributed by atoms with Gasteiger partial charge in [-0.2, -0.15) is 0 Å². The minimum atomic E-state index is -3.28. The largest absolute Gasteiger partial charge is 0.314 e. The molecule has 1 fully saturated rings. The molecule has 112 valence electrons. The van der Waals surface area contributed by atoms with Crippen LogP contribution in [-0.2, 0) is 10.0 Å². The minimum absolute atomic E-state index is 0.163. The fourth-order valence-corrected chi connectivity index (χ4v) is 4.02. The Morgan fingerprint density at radius 3 is 2.90 bits per heavy atom. The third-order valence-electron chi connectivity index (χ3n) is 3.68. The summed E-state index contributed by atoms with van der Waals surface area (Å²) in [6.07, 6.45) is 4.13. The van der Waals surface area contributed by atoms with Crippen LogP contribution in [-0.4, -0.2) is 26.8 Å². The number of benzene rings is 1. The monoisotopic (exact) mass is 360 g/mol. The summed E-state index contributed by atoms with van der Waals surface area (Å²) in [4.78, 5) is 0. The molecule has 1 unspecified atom stereocenters. The summed E-state index contributed by atoms with van der Waals surface area (Å²) < 4.78 is 27.9. The van der Waals surface area contributed by atoms with Gasteiger partial charge in [-0.05, 0) is 50.4 Å². The molecule has 2 N–H and O–H groups in total. The van der Waals surface area contributed by atoms with Crippen LogP contribution in [0.15, 0.2) is 22.7 Å². The van der Waals surface area contributed by atoms with E-state index in [1.54, 1.807) is 6.07 Å². The quantitative estimate of drug-likeness (QED) is 0.848. The Morgan fingerprint density at radius 1 is 1.40 bits per heavy atom. The number of piperidine rings is 1. The van der Waals surface area contributed by atoms with Gasteiger partial charge >= 0.3 is 0 Å². The maximum absolute atomic E-state index is 12.2. The van der Waals surface area contributed by atoms with Gasteiger partial charge in [0.05, 0.1) is 11.4 Å². The Kier molecular flexibility index (Phi) is 5.46. The molecule has 1 aromatic carbocycles. The van der Waals surface area contributed by atoms with Gasteiger partial charge in [-0.1, -0.05) is 28.4 Å². The van der Waals surface area contributed by atoms with Crippen molar-refractivity contribution in [1.29, 1.82) is 0 Å². The first kappa shape index (κ1) is 15.8. The maximum Gasteiger partial charge on any atom is 0.232 e. The van der Waals surface area contributed by atoms with Crippen LogP contribution in [0.25, 0.3) is 0 Å². The first-order chi connectivity index (χ1) is 9.48. The number of hydrogen-bond acceptors (Lipinski definition) is 3. The van der Waals surface area contributed by atoms with Gasteiger partial charge in [0, 0.05) is 10.5 Å². The Hall–Kier alpha value is -0.590. The molecule has 2 rings (SSSR count). The lowest BCUT2D eigenvalue weighted by Crippen LogP contribution is -2.36. The Balaban J connectivity index is 1.94. The van der Waals surface area contributed by atoms with Crippen LogP contribution in [0, 0.1) is 6.92 Å². The fourth-order valence-electron chi connectivity index (χ4n) is 2.40. The van der Waals surface area contributed by atoms with Crippen LogP contribution in [0.5, 0.6) is 0 Å². The van der Waals surface area contributed by atoms with Gasteiger partial charge in [0.2, 0.25) is 10.0 Å². The number of hydrogen-bond donors (Lipinski definition) is 2. The lowest BCUT2D eigenvalue weighted by atomic mass is 10.0. The summed E-state index contributed by atoms with van der Waals surface area (Å²) >= 11 is 3.41. The van der Waals surface area contributed by atoms with Crippen molar-refractivity contribution >= 4 is 31.6 Å². The smallest absolute Gasteiger partial charge is 0.232 e. The number of halogens is 1. The predicted octanol–water partition coefficient (Wildman–Crippen LogP) is 3.03. The van der Waals surface area contributed by atoms with Crippen molar-refractivity contribution in [1.82, 2.24) is 5.32 Å². The predicted molar refractivity (Wildman–Crippen MR) is 86.5 cm³/mol.